The number of halogens is 2. The molecule has 1 aromatic heterocycles. The molecule has 0 radical (unpaired) electrons. The van der Waals surface area contributed by atoms with Crippen LogP contribution in [0.1, 0.15) is 41.4 Å². The molecule has 8 nitrogen and oxygen atoms in total. The first kappa shape index (κ1) is 23.1. The fourth-order valence-electron chi connectivity index (χ4n) is 3.50. The molecule has 1 heterocycles. The first-order valence-electron chi connectivity index (χ1n) is 9.40. The summed E-state index contributed by atoms with van der Waals surface area (Å²) in [6, 6.07) is 6.30. The van der Waals surface area contributed by atoms with Gasteiger partial charge >= 0.3 is 0 Å². The van der Waals surface area contributed by atoms with Crippen LogP contribution in [0.25, 0.3) is 0 Å². The molecule has 11 heteroatoms. The van der Waals surface area contributed by atoms with Crippen molar-refractivity contribution in [2.45, 2.75) is 37.6 Å². The Kier molecular flexibility index (Phi) is 6.63. The van der Waals surface area contributed by atoms with Crippen molar-refractivity contribution in [3.8, 4) is 5.75 Å². The van der Waals surface area contributed by atoms with Crippen molar-refractivity contribution in [1.82, 2.24) is 24.9 Å². The molecule has 0 saturated heterocycles. The van der Waals surface area contributed by atoms with E-state index in [2.05, 4.69) is 20.2 Å². The summed E-state index contributed by atoms with van der Waals surface area (Å²) < 4.78 is 50.6. The minimum atomic E-state index is -4.12. The number of aryl methyl sites for hydroxylation is 2. The van der Waals surface area contributed by atoms with Crippen LogP contribution < -0.4 is 9.46 Å². The summed E-state index contributed by atoms with van der Waals surface area (Å²) in [5.74, 6) is -0.735. The number of rotatable bonds is 7. The van der Waals surface area contributed by atoms with E-state index in [1.807, 2.05) is 6.92 Å². The minimum Gasteiger partial charge on any atom is -0.495 e. The number of aromatic nitrogens is 4. The zero-order valence-corrected chi connectivity index (χ0v) is 19.3. The maximum Gasteiger partial charge on any atom is 0.244 e. The molecular weight excluding hydrogens is 445 g/mol. The fourth-order valence-corrected chi connectivity index (χ4v) is 5.09. The van der Waals surface area contributed by atoms with Gasteiger partial charge in [-0.3, -0.25) is 0 Å². The van der Waals surface area contributed by atoms with Crippen LogP contribution in [-0.2, 0) is 17.1 Å². The monoisotopic (exact) mass is 467 g/mol. The zero-order chi connectivity index (χ0) is 22.9. The molecule has 0 amide bonds. The lowest BCUT2D eigenvalue weighted by atomic mass is 9.88. The summed E-state index contributed by atoms with van der Waals surface area (Å²) in [5, 5.41) is 11.7. The van der Waals surface area contributed by atoms with Gasteiger partial charge in [0.2, 0.25) is 10.0 Å². The van der Waals surface area contributed by atoms with Gasteiger partial charge in [-0.1, -0.05) is 24.6 Å². The Morgan fingerprint density at radius 3 is 2.55 bits per heavy atom. The quantitative estimate of drug-likeness (QED) is 0.571. The van der Waals surface area contributed by atoms with Gasteiger partial charge in [-0.2, -0.15) is 4.72 Å². The van der Waals surface area contributed by atoms with Gasteiger partial charge < -0.3 is 4.74 Å². The molecule has 0 aliphatic heterocycles. The highest BCUT2D eigenvalue weighted by molar-refractivity contribution is 7.89. The molecule has 2 unspecified atom stereocenters. The molecule has 31 heavy (non-hydrogen) atoms. The largest absolute Gasteiger partial charge is 0.495 e. The average Bonchev–Trinajstić information content (AvgIpc) is 3.14. The van der Waals surface area contributed by atoms with Gasteiger partial charge in [-0.25, -0.2) is 17.5 Å². The predicted molar refractivity (Wildman–Crippen MR) is 114 cm³/mol. The number of nitrogens with one attached hydrogen (secondary N) is 1. The molecule has 1 N–H and O–H groups in total. The van der Waals surface area contributed by atoms with E-state index in [9.17, 15) is 12.8 Å². The van der Waals surface area contributed by atoms with Crippen LogP contribution in [-0.4, -0.2) is 35.7 Å². The Labute approximate surface area is 185 Å². The Bertz CT molecular complexity index is 1220. The van der Waals surface area contributed by atoms with E-state index in [0.717, 1.165) is 11.1 Å². The van der Waals surface area contributed by atoms with E-state index in [0.29, 0.717) is 10.6 Å². The molecule has 2 aromatic carbocycles. The summed E-state index contributed by atoms with van der Waals surface area (Å²) in [6.07, 6.45) is 0. The van der Waals surface area contributed by atoms with E-state index in [4.69, 9.17) is 16.3 Å². The van der Waals surface area contributed by atoms with Gasteiger partial charge in [0.05, 0.1) is 13.2 Å². The third kappa shape index (κ3) is 4.56. The van der Waals surface area contributed by atoms with Crippen molar-refractivity contribution < 1.29 is 17.5 Å². The van der Waals surface area contributed by atoms with Gasteiger partial charge in [0.15, 0.2) is 5.82 Å². The van der Waals surface area contributed by atoms with Crippen LogP contribution in [0.2, 0.25) is 5.02 Å². The topological polar surface area (TPSA) is 99.0 Å². The van der Waals surface area contributed by atoms with Gasteiger partial charge in [0, 0.05) is 24.1 Å². The molecule has 0 aliphatic rings. The van der Waals surface area contributed by atoms with Crippen molar-refractivity contribution in [3.63, 3.8) is 0 Å². The number of tetrazole rings is 1. The highest BCUT2D eigenvalue weighted by Gasteiger charge is 2.34. The molecule has 0 fully saturated rings. The molecule has 0 saturated carbocycles. The van der Waals surface area contributed by atoms with Crippen molar-refractivity contribution in [1.29, 1.82) is 0 Å². The van der Waals surface area contributed by atoms with E-state index in [1.165, 1.54) is 36.1 Å². The van der Waals surface area contributed by atoms with Crippen molar-refractivity contribution >= 4 is 21.6 Å². The van der Waals surface area contributed by atoms with Gasteiger partial charge in [0.25, 0.3) is 0 Å². The minimum absolute atomic E-state index is 0.0837. The molecule has 166 valence electrons. The van der Waals surface area contributed by atoms with Gasteiger partial charge in [-0.15, -0.1) is 5.10 Å². The molecule has 0 bridgehead atoms. The molecule has 0 spiro atoms. The molecule has 0 aliphatic carbocycles. The van der Waals surface area contributed by atoms with E-state index < -0.39 is 27.8 Å². The first-order chi connectivity index (χ1) is 14.6. The third-order valence-corrected chi connectivity index (χ3v) is 7.03. The summed E-state index contributed by atoms with van der Waals surface area (Å²) in [6.45, 7) is 5.39. The van der Waals surface area contributed by atoms with Gasteiger partial charge in [0.1, 0.15) is 16.5 Å². The zero-order valence-electron chi connectivity index (χ0n) is 17.7. The Morgan fingerprint density at radius 2 is 1.94 bits per heavy atom. The standard InChI is InChI=1S/C20H23ClFN5O3S/c1-11-6-8-15(22)18(12(11)2)13(3)19(20-23-25-26-27(20)4)24-31(28,29)17-9-7-14(21)10-16(17)30-5/h6-10,13,19,24H,1-5H3. The number of hydrogen-bond acceptors (Lipinski definition) is 6. The Hall–Kier alpha value is -2.56. The third-order valence-electron chi connectivity index (χ3n) is 5.32. The maximum atomic E-state index is 14.8. The van der Waals surface area contributed by atoms with Crippen molar-refractivity contribution in [2.24, 2.45) is 7.05 Å². The maximum absolute atomic E-state index is 14.8. The van der Waals surface area contributed by atoms with E-state index in [1.54, 1.807) is 27.0 Å². The SMILES string of the molecule is COc1cc(Cl)ccc1S(=O)(=O)NC(c1nnnn1C)C(C)c1c(F)ccc(C)c1C. The van der Waals surface area contributed by atoms with Crippen LogP contribution in [0.4, 0.5) is 4.39 Å². The number of methoxy groups -OCH3 is 1. The van der Waals surface area contributed by atoms with Crippen LogP contribution in [0.15, 0.2) is 35.2 Å². The normalized spacial score (nSPS) is 13.8. The fraction of sp³-hybridized carbons (Fsp3) is 0.350. The van der Waals surface area contributed by atoms with E-state index in [-0.39, 0.29) is 16.5 Å². The molecule has 2 atom stereocenters. The second-order valence-corrected chi connectivity index (χ2v) is 9.37. The summed E-state index contributed by atoms with van der Waals surface area (Å²) >= 11 is 5.97. The number of hydrogen-bond donors (Lipinski definition) is 1. The van der Waals surface area contributed by atoms with Gasteiger partial charge in [-0.05, 0) is 59.2 Å². The lowest BCUT2D eigenvalue weighted by Crippen LogP contribution is -2.34. The summed E-state index contributed by atoms with van der Waals surface area (Å²) in [7, 11) is -1.18. The summed E-state index contributed by atoms with van der Waals surface area (Å²) in [4.78, 5) is -0.104. The van der Waals surface area contributed by atoms with Crippen molar-refractivity contribution in [3.05, 3.63) is 63.7 Å². The second-order valence-electron chi connectivity index (χ2n) is 7.25. The highest BCUT2D eigenvalue weighted by Crippen LogP contribution is 2.36. The van der Waals surface area contributed by atoms with E-state index >= 15 is 0 Å². The first-order valence-corrected chi connectivity index (χ1v) is 11.3. The van der Waals surface area contributed by atoms with Crippen LogP contribution in [0.3, 0.4) is 0 Å². The Balaban J connectivity index is 2.12. The molecule has 3 rings (SSSR count). The lowest BCUT2D eigenvalue weighted by Gasteiger charge is -2.26. The number of benzene rings is 2. The predicted octanol–water partition coefficient (Wildman–Crippen LogP) is 3.45. The number of nitrogens with zero attached hydrogens (tertiary/aromatic N) is 4. The molecular formula is C20H23ClFN5O3S. The smallest absolute Gasteiger partial charge is 0.244 e. The Morgan fingerprint density at radius 1 is 1.23 bits per heavy atom. The highest BCUT2D eigenvalue weighted by atomic mass is 35.5. The number of sulfonamides is 1. The van der Waals surface area contributed by atoms with Crippen LogP contribution in [0, 0.1) is 19.7 Å². The second kappa shape index (κ2) is 8.89. The molecule has 3 aromatic rings. The summed E-state index contributed by atoms with van der Waals surface area (Å²) in [5.41, 5.74) is 2.01. The average molecular weight is 468 g/mol. The van der Waals surface area contributed by atoms with Crippen LogP contribution >= 0.6 is 11.6 Å². The van der Waals surface area contributed by atoms with Crippen molar-refractivity contribution in [2.75, 3.05) is 7.11 Å². The number of ether oxygens (including phenoxy) is 1. The van der Waals surface area contributed by atoms with Crippen LogP contribution in [0.5, 0.6) is 5.75 Å². The lowest BCUT2D eigenvalue weighted by molar-refractivity contribution is 0.401.